The molecule has 3 unspecified atom stereocenters. The third kappa shape index (κ3) is 4.85. The Kier molecular flexibility index (Phi) is 6.21. The Balaban J connectivity index is 1.27. The van der Waals surface area contributed by atoms with E-state index in [1.165, 1.54) is 34.8 Å². The molecule has 9 nitrogen and oxygen atoms in total. The van der Waals surface area contributed by atoms with Crippen molar-refractivity contribution in [3.8, 4) is 11.3 Å². The van der Waals surface area contributed by atoms with Crippen molar-refractivity contribution in [2.75, 3.05) is 31.9 Å². The van der Waals surface area contributed by atoms with Crippen LogP contribution in [0.4, 0.5) is 32.2 Å². The Morgan fingerprint density at radius 3 is 2.51 bits per heavy atom. The van der Waals surface area contributed by atoms with E-state index in [9.17, 15) is 31.5 Å². The number of amides is 2. The molecule has 0 radical (unpaired) electrons. The number of aromatic nitrogens is 3. The average molecular weight is 582 g/mol. The van der Waals surface area contributed by atoms with E-state index in [4.69, 9.17) is 5.73 Å². The molecule has 4 heterocycles. The standard InChI is InChI=1S/C26H25F6N7O2/c1-12-15(23(40)36-19-8-38(7-18(19)28)24(41)16-5-26(16,31)32)2-13(3-17(12)27)20-4-14(6-37-9-25(29,30)10-37)21-22(33)34-11-35-39(20)21/h2-4,11,16,18-19H,5-10H2,1H3,(H,36,40)(H2,33,34,35). The summed E-state index contributed by atoms with van der Waals surface area (Å²) in [5.41, 5.74) is 7.32. The molecule has 2 saturated heterocycles. The lowest BCUT2D eigenvalue weighted by atomic mass is 10.0. The number of carbonyl (C=O) groups is 2. The van der Waals surface area contributed by atoms with Gasteiger partial charge in [-0.3, -0.25) is 14.5 Å². The molecule has 218 valence electrons. The first-order valence-corrected chi connectivity index (χ1v) is 12.9. The summed E-state index contributed by atoms with van der Waals surface area (Å²) in [6.45, 7) is -0.115. The number of nitrogens with zero attached hydrogens (tertiary/aromatic N) is 5. The third-order valence-corrected chi connectivity index (χ3v) is 7.85. The molecule has 3 aliphatic rings. The Morgan fingerprint density at radius 1 is 1.15 bits per heavy atom. The van der Waals surface area contributed by atoms with E-state index in [2.05, 4.69) is 15.4 Å². The van der Waals surface area contributed by atoms with Crippen LogP contribution in [0.5, 0.6) is 0 Å². The van der Waals surface area contributed by atoms with Gasteiger partial charge >= 0.3 is 0 Å². The highest BCUT2D eigenvalue weighted by Gasteiger charge is 2.63. The molecule has 3 aromatic rings. The number of rotatable bonds is 6. The fourth-order valence-electron chi connectivity index (χ4n) is 5.52. The molecular weight excluding hydrogens is 556 g/mol. The van der Waals surface area contributed by atoms with Gasteiger partial charge in [0, 0.05) is 30.6 Å². The van der Waals surface area contributed by atoms with Crippen molar-refractivity contribution in [2.24, 2.45) is 5.92 Å². The second-order valence-corrected chi connectivity index (χ2v) is 10.9. The molecule has 3 N–H and O–H groups in total. The molecule has 1 saturated carbocycles. The summed E-state index contributed by atoms with van der Waals surface area (Å²) in [5, 5.41) is 6.65. The maximum Gasteiger partial charge on any atom is 0.272 e. The molecule has 1 aromatic carbocycles. The number of hydrogen-bond acceptors (Lipinski definition) is 6. The number of hydrogen-bond donors (Lipinski definition) is 2. The zero-order valence-electron chi connectivity index (χ0n) is 21.7. The van der Waals surface area contributed by atoms with Crippen LogP contribution in [0.15, 0.2) is 24.5 Å². The summed E-state index contributed by atoms with van der Waals surface area (Å²) in [4.78, 5) is 31.9. The number of likely N-dealkylation sites (tertiary alicyclic amines) is 2. The topological polar surface area (TPSA) is 109 Å². The number of carbonyl (C=O) groups excluding carboxylic acids is 2. The molecule has 2 amide bonds. The van der Waals surface area contributed by atoms with Crippen LogP contribution >= 0.6 is 0 Å². The Bertz CT molecular complexity index is 1570. The number of nitrogen functional groups attached to an aromatic ring is 1. The monoisotopic (exact) mass is 581 g/mol. The van der Waals surface area contributed by atoms with Gasteiger partial charge in [-0.25, -0.2) is 35.8 Å². The van der Waals surface area contributed by atoms with Gasteiger partial charge in [-0.15, -0.1) is 0 Å². The number of nitrogens with two attached hydrogens (primary N) is 1. The molecule has 1 aliphatic carbocycles. The summed E-state index contributed by atoms with van der Waals surface area (Å²) in [6.07, 6.45) is -1.11. The second kappa shape index (κ2) is 9.33. The van der Waals surface area contributed by atoms with E-state index in [1.54, 1.807) is 6.07 Å². The third-order valence-electron chi connectivity index (χ3n) is 7.85. The lowest BCUT2D eigenvalue weighted by Crippen LogP contribution is -2.55. The Hall–Kier alpha value is -3.88. The second-order valence-electron chi connectivity index (χ2n) is 10.9. The number of anilines is 1. The van der Waals surface area contributed by atoms with Crippen LogP contribution < -0.4 is 11.1 Å². The fourth-order valence-corrected chi connectivity index (χ4v) is 5.52. The van der Waals surface area contributed by atoms with Crippen LogP contribution in [-0.2, 0) is 11.3 Å². The van der Waals surface area contributed by atoms with Crippen LogP contribution in [-0.4, -0.2) is 86.4 Å². The summed E-state index contributed by atoms with van der Waals surface area (Å²) >= 11 is 0. The van der Waals surface area contributed by atoms with E-state index in [-0.39, 0.29) is 35.6 Å². The minimum atomic E-state index is -3.10. The zero-order valence-corrected chi connectivity index (χ0v) is 21.7. The van der Waals surface area contributed by atoms with Crippen molar-refractivity contribution in [1.82, 2.24) is 29.7 Å². The molecule has 6 rings (SSSR count). The molecule has 2 aromatic heterocycles. The summed E-state index contributed by atoms with van der Waals surface area (Å²) < 4.78 is 84.7. The first-order valence-electron chi connectivity index (χ1n) is 12.9. The molecule has 41 heavy (non-hydrogen) atoms. The molecule has 3 fully saturated rings. The Morgan fingerprint density at radius 2 is 1.85 bits per heavy atom. The molecule has 3 atom stereocenters. The van der Waals surface area contributed by atoms with Crippen molar-refractivity contribution in [2.45, 2.75) is 43.9 Å². The number of nitrogens with one attached hydrogen (secondary N) is 1. The molecule has 2 aliphatic heterocycles. The highest BCUT2D eigenvalue weighted by atomic mass is 19.3. The molecular formula is C26H25F6N7O2. The van der Waals surface area contributed by atoms with E-state index in [1.807, 2.05) is 0 Å². The predicted octanol–water partition coefficient (Wildman–Crippen LogP) is 2.81. The number of benzene rings is 1. The van der Waals surface area contributed by atoms with Crippen molar-refractivity contribution >= 4 is 23.1 Å². The highest BCUT2D eigenvalue weighted by Crippen LogP contribution is 2.49. The van der Waals surface area contributed by atoms with Crippen molar-refractivity contribution in [3.63, 3.8) is 0 Å². The fraction of sp³-hybridized carbons (Fsp3) is 0.462. The Labute approximate surface area is 229 Å². The quantitative estimate of drug-likeness (QED) is 0.434. The van der Waals surface area contributed by atoms with E-state index in [0.29, 0.717) is 16.8 Å². The van der Waals surface area contributed by atoms with E-state index < -0.39 is 73.7 Å². The minimum Gasteiger partial charge on any atom is -0.382 e. The normalized spacial score (nSPS) is 24.9. The molecule has 0 spiro atoms. The van der Waals surface area contributed by atoms with Crippen molar-refractivity contribution < 1.29 is 35.9 Å². The van der Waals surface area contributed by atoms with E-state index >= 15 is 4.39 Å². The van der Waals surface area contributed by atoms with Crippen LogP contribution in [0.2, 0.25) is 0 Å². The van der Waals surface area contributed by atoms with Gasteiger partial charge in [0.05, 0.1) is 31.4 Å². The van der Waals surface area contributed by atoms with Gasteiger partial charge < -0.3 is 16.0 Å². The van der Waals surface area contributed by atoms with Crippen LogP contribution in [0, 0.1) is 18.7 Å². The lowest BCUT2D eigenvalue weighted by molar-refractivity contribution is -0.134. The lowest BCUT2D eigenvalue weighted by Gasteiger charge is -2.38. The summed E-state index contributed by atoms with van der Waals surface area (Å²) in [5.74, 6) is -9.71. The predicted molar refractivity (Wildman–Crippen MR) is 134 cm³/mol. The van der Waals surface area contributed by atoms with Crippen molar-refractivity contribution in [1.29, 1.82) is 0 Å². The SMILES string of the molecule is Cc1c(F)cc(-c2cc(CN3CC(F)(F)C3)c3c(N)ncnn23)cc1C(=O)NC1CN(C(=O)C2CC2(F)F)CC1F. The zero-order chi connectivity index (χ0) is 29.4. The van der Waals surface area contributed by atoms with Gasteiger partial charge in [0.1, 0.15) is 29.8 Å². The van der Waals surface area contributed by atoms with Gasteiger partial charge in [0.25, 0.3) is 17.8 Å². The van der Waals surface area contributed by atoms with Crippen LogP contribution in [0.25, 0.3) is 16.8 Å². The first kappa shape index (κ1) is 27.3. The van der Waals surface area contributed by atoms with Gasteiger partial charge in [0.2, 0.25) is 5.91 Å². The smallest absolute Gasteiger partial charge is 0.272 e. The number of alkyl halides is 5. The van der Waals surface area contributed by atoms with Gasteiger partial charge in [-0.05, 0) is 36.2 Å². The maximum absolute atomic E-state index is 15.1. The van der Waals surface area contributed by atoms with Crippen LogP contribution in [0.3, 0.4) is 0 Å². The molecule has 0 bridgehead atoms. The maximum atomic E-state index is 15.1. The number of halogens is 6. The summed E-state index contributed by atoms with van der Waals surface area (Å²) in [7, 11) is 0. The summed E-state index contributed by atoms with van der Waals surface area (Å²) in [6, 6.07) is 2.99. The number of fused-ring (bicyclic) bond motifs is 1. The largest absolute Gasteiger partial charge is 0.382 e. The van der Waals surface area contributed by atoms with E-state index in [0.717, 1.165) is 4.90 Å². The van der Waals surface area contributed by atoms with Crippen LogP contribution in [0.1, 0.15) is 27.9 Å². The first-order chi connectivity index (χ1) is 19.2. The van der Waals surface area contributed by atoms with Gasteiger partial charge in [-0.2, -0.15) is 5.10 Å². The average Bonchev–Trinajstić information content (AvgIpc) is 3.16. The van der Waals surface area contributed by atoms with Gasteiger partial charge in [0.15, 0.2) is 5.82 Å². The highest BCUT2D eigenvalue weighted by molar-refractivity contribution is 5.97. The molecule has 15 heteroatoms. The van der Waals surface area contributed by atoms with Crippen molar-refractivity contribution in [3.05, 3.63) is 47.0 Å². The van der Waals surface area contributed by atoms with Gasteiger partial charge in [-0.1, -0.05) is 0 Å². The minimum absolute atomic E-state index is 0.0248.